The average Bonchev–Trinajstić information content (AvgIpc) is 2.81. The molecule has 6 heteroatoms. The molecule has 0 atom stereocenters. The molecule has 0 radical (unpaired) electrons. The molecule has 0 unspecified atom stereocenters. The van der Waals surface area contributed by atoms with E-state index >= 15 is 0 Å². The molecule has 1 aliphatic rings. The Bertz CT molecular complexity index is 793. The van der Waals surface area contributed by atoms with Crippen molar-refractivity contribution in [2.75, 3.05) is 45.2 Å². The van der Waals surface area contributed by atoms with Gasteiger partial charge in [0.15, 0.2) is 0 Å². The number of benzene rings is 1. The monoisotopic (exact) mass is 357 g/mol. The Kier molecular flexibility index (Phi) is 5.71. The van der Waals surface area contributed by atoms with E-state index in [1.807, 2.05) is 17.8 Å². The van der Waals surface area contributed by atoms with E-state index in [-0.39, 0.29) is 5.82 Å². The van der Waals surface area contributed by atoms with Gasteiger partial charge in [-0.2, -0.15) is 5.10 Å². The van der Waals surface area contributed by atoms with Crippen LogP contribution in [0.1, 0.15) is 30.2 Å². The van der Waals surface area contributed by atoms with E-state index in [1.54, 1.807) is 12.1 Å². The lowest BCUT2D eigenvalue weighted by Gasteiger charge is -2.24. The summed E-state index contributed by atoms with van der Waals surface area (Å²) in [4.78, 5) is 9.41. The third-order valence-corrected chi connectivity index (χ3v) is 4.73. The van der Waals surface area contributed by atoms with E-state index in [1.165, 1.54) is 6.07 Å². The van der Waals surface area contributed by atoms with E-state index in [2.05, 4.69) is 30.8 Å². The van der Waals surface area contributed by atoms with Crippen LogP contribution in [0.5, 0.6) is 0 Å². The zero-order valence-corrected chi connectivity index (χ0v) is 16.2. The molecule has 3 rings (SSSR count). The first-order chi connectivity index (χ1) is 12.5. The van der Waals surface area contributed by atoms with Crippen LogP contribution in [0.25, 0.3) is 0 Å². The molecule has 0 fully saturated rings. The molecule has 26 heavy (non-hydrogen) atoms. The summed E-state index contributed by atoms with van der Waals surface area (Å²) in [7, 11) is 6.18. The number of aryl methyl sites for hydroxylation is 2. The van der Waals surface area contributed by atoms with Crippen molar-refractivity contribution >= 4 is 11.5 Å². The molecule has 1 aromatic carbocycles. The highest BCUT2D eigenvalue weighted by molar-refractivity contribution is 6.16. The van der Waals surface area contributed by atoms with Crippen molar-refractivity contribution < 1.29 is 4.39 Å². The van der Waals surface area contributed by atoms with Crippen molar-refractivity contribution in [1.29, 1.82) is 0 Å². The van der Waals surface area contributed by atoms with Gasteiger partial charge >= 0.3 is 0 Å². The van der Waals surface area contributed by atoms with Crippen LogP contribution in [0.4, 0.5) is 10.2 Å². The Morgan fingerprint density at radius 2 is 2.08 bits per heavy atom. The largest absolute Gasteiger partial charge is 0.354 e. The first-order valence-corrected chi connectivity index (χ1v) is 9.27. The molecule has 5 nitrogen and oxygen atoms in total. The minimum Gasteiger partial charge on any atom is -0.354 e. The Hall–Kier alpha value is -2.21. The first kappa shape index (κ1) is 18.6. The van der Waals surface area contributed by atoms with Gasteiger partial charge in [0.25, 0.3) is 0 Å². The summed E-state index contributed by atoms with van der Waals surface area (Å²) in [6.07, 6.45) is 1.90. The minimum atomic E-state index is -0.235. The Labute approximate surface area is 155 Å². The molecule has 0 bridgehead atoms. The molecular weight excluding hydrogens is 329 g/mol. The first-order valence-electron chi connectivity index (χ1n) is 9.27. The van der Waals surface area contributed by atoms with Crippen LogP contribution in [0.3, 0.4) is 0 Å². The third-order valence-electron chi connectivity index (χ3n) is 4.73. The minimum absolute atomic E-state index is 0.235. The van der Waals surface area contributed by atoms with Crippen LogP contribution in [-0.4, -0.2) is 60.7 Å². The fourth-order valence-electron chi connectivity index (χ4n) is 3.56. The van der Waals surface area contributed by atoms with Crippen molar-refractivity contribution in [3.63, 3.8) is 0 Å². The SMILES string of the molecule is CCc1nn(C)c2c1C(c1cccc(F)c1)=NCCN2CCCN(C)C. The van der Waals surface area contributed by atoms with E-state index in [9.17, 15) is 4.39 Å². The Balaban J connectivity index is 2.02. The van der Waals surface area contributed by atoms with Crippen LogP contribution >= 0.6 is 0 Å². The summed E-state index contributed by atoms with van der Waals surface area (Å²) >= 11 is 0. The molecule has 1 aliphatic heterocycles. The smallest absolute Gasteiger partial charge is 0.136 e. The van der Waals surface area contributed by atoms with Crippen molar-refractivity contribution in [2.24, 2.45) is 12.0 Å². The Morgan fingerprint density at radius 1 is 1.27 bits per heavy atom. The van der Waals surface area contributed by atoms with Crippen molar-refractivity contribution in [2.45, 2.75) is 19.8 Å². The van der Waals surface area contributed by atoms with Gasteiger partial charge in [-0.15, -0.1) is 0 Å². The van der Waals surface area contributed by atoms with Crippen molar-refractivity contribution in [1.82, 2.24) is 14.7 Å². The maximum Gasteiger partial charge on any atom is 0.136 e. The quantitative estimate of drug-likeness (QED) is 0.798. The standard InChI is InChI=1S/C20H28FN5/c1-5-17-18-19(15-8-6-9-16(21)14-15)22-10-13-26(12-7-11-24(2)3)20(18)25(4)23-17/h6,8-9,14H,5,7,10-13H2,1-4H3. The molecule has 140 valence electrons. The van der Waals surface area contributed by atoms with Crippen LogP contribution in [-0.2, 0) is 13.5 Å². The maximum absolute atomic E-state index is 13.8. The van der Waals surface area contributed by atoms with Gasteiger partial charge in [0.1, 0.15) is 11.6 Å². The van der Waals surface area contributed by atoms with Crippen LogP contribution in [0, 0.1) is 5.82 Å². The summed E-state index contributed by atoms with van der Waals surface area (Å²) in [5, 5.41) is 4.73. The molecule has 0 saturated heterocycles. The fourth-order valence-corrected chi connectivity index (χ4v) is 3.56. The van der Waals surface area contributed by atoms with E-state index in [0.717, 1.165) is 60.8 Å². The van der Waals surface area contributed by atoms with E-state index in [0.29, 0.717) is 6.54 Å². The van der Waals surface area contributed by atoms with E-state index in [4.69, 9.17) is 10.1 Å². The highest BCUT2D eigenvalue weighted by Gasteiger charge is 2.27. The lowest BCUT2D eigenvalue weighted by Crippen LogP contribution is -2.31. The van der Waals surface area contributed by atoms with Gasteiger partial charge in [-0.3, -0.25) is 9.67 Å². The highest BCUT2D eigenvalue weighted by Crippen LogP contribution is 2.29. The zero-order valence-electron chi connectivity index (χ0n) is 16.2. The van der Waals surface area contributed by atoms with Gasteiger partial charge in [-0.1, -0.05) is 19.1 Å². The summed E-state index contributed by atoms with van der Waals surface area (Å²) in [6.45, 7) is 5.66. The number of fused-ring (bicyclic) bond motifs is 1. The second-order valence-electron chi connectivity index (χ2n) is 7.01. The fraction of sp³-hybridized carbons (Fsp3) is 0.500. The number of aromatic nitrogens is 2. The summed E-state index contributed by atoms with van der Waals surface area (Å²) < 4.78 is 15.8. The number of hydrogen-bond donors (Lipinski definition) is 0. The van der Waals surface area contributed by atoms with Gasteiger partial charge in [0.05, 0.1) is 23.5 Å². The van der Waals surface area contributed by atoms with Crippen LogP contribution in [0.2, 0.25) is 0 Å². The topological polar surface area (TPSA) is 36.7 Å². The summed E-state index contributed by atoms with van der Waals surface area (Å²) in [5.41, 5.74) is 3.76. The Morgan fingerprint density at radius 3 is 2.77 bits per heavy atom. The number of nitrogens with zero attached hydrogens (tertiary/aromatic N) is 5. The van der Waals surface area contributed by atoms with E-state index < -0.39 is 0 Å². The predicted molar refractivity (Wildman–Crippen MR) is 105 cm³/mol. The second-order valence-corrected chi connectivity index (χ2v) is 7.01. The second kappa shape index (κ2) is 7.99. The van der Waals surface area contributed by atoms with Gasteiger partial charge in [-0.25, -0.2) is 4.39 Å². The average molecular weight is 357 g/mol. The molecule has 0 N–H and O–H groups in total. The van der Waals surface area contributed by atoms with Crippen LogP contribution in [0.15, 0.2) is 29.3 Å². The van der Waals surface area contributed by atoms with Crippen LogP contribution < -0.4 is 4.90 Å². The molecule has 2 heterocycles. The number of anilines is 1. The zero-order chi connectivity index (χ0) is 18.7. The predicted octanol–water partition coefficient (Wildman–Crippen LogP) is 2.73. The van der Waals surface area contributed by atoms with Gasteiger partial charge in [0, 0.05) is 25.7 Å². The number of halogens is 1. The molecule has 1 aromatic heterocycles. The van der Waals surface area contributed by atoms with Gasteiger partial charge in [0.2, 0.25) is 0 Å². The molecule has 0 saturated carbocycles. The molecule has 0 aliphatic carbocycles. The van der Waals surface area contributed by atoms with Crippen molar-refractivity contribution in [3.8, 4) is 0 Å². The number of hydrogen-bond acceptors (Lipinski definition) is 4. The number of rotatable bonds is 6. The lowest BCUT2D eigenvalue weighted by molar-refractivity contribution is 0.400. The normalized spacial score (nSPS) is 14.4. The molecule has 0 spiro atoms. The summed E-state index contributed by atoms with van der Waals surface area (Å²) in [6, 6.07) is 6.71. The molecule has 2 aromatic rings. The van der Waals surface area contributed by atoms with Gasteiger partial charge < -0.3 is 9.80 Å². The van der Waals surface area contributed by atoms with Gasteiger partial charge in [-0.05, 0) is 45.6 Å². The third kappa shape index (κ3) is 3.80. The lowest BCUT2D eigenvalue weighted by atomic mass is 10.0. The molecular formula is C20H28FN5. The maximum atomic E-state index is 13.8. The van der Waals surface area contributed by atoms with Crippen molar-refractivity contribution in [3.05, 3.63) is 46.9 Å². The summed E-state index contributed by atoms with van der Waals surface area (Å²) in [5.74, 6) is 0.863. The highest BCUT2D eigenvalue weighted by atomic mass is 19.1. The number of aliphatic imine (C=N–C) groups is 1. The molecule has 0 amide bonds.